The van der Waals surface area contributed by atoms with Crippen molar-refractivity contribution < 1.29 is 14.6 Å². The lowest BCUT2D eigenvalue weighted by Gasteiger charge is -2.06. The van der Waals surface area contributed by atoms with Gasteiger partial charge in [-0.1, -0.05) is 0 Å². The van der Waals surface area contributed by atoms with Crippen molar-refractivity contribution in [2.45, 2.75) is 0 Å². The van der Waals surface area contributed by atoms with E-state index in [9.17, 15) is 4.79 Å². The van der Waals surface area contributed by atoms with Gasteiger partial charge in [-0.25, -0.2) is 4.98 Å². The van der Waals surface area contributed by atoms with Crippen LogP contribution < -0.4 is 10.1 Å². The highest BCUT2D eigenvalue weighted by Crippen LogP contribution is 2.13. The zero-order valence-corrected chi connectivity index (χ0v) is 11.4. The summed E-state index contributed by atoms with van der Waals surface area (Å²) in [6.45, 7) is 0.0877. The number of ether oxygens (including phenoxy) is 1. The van der Waals surface area contributed by atoms with Crippen LogP contribution in [-0.4, -0.2) is 49.3 Å². The number of anilines is 1. The number of hydrogen-bond acceptors (Lipinski definition) is 7. The molecule has 22 heavy (non-hydrogen) atoms. The molecule has 3 rings (SSSR count). The van der Waals surface area contributed by atoms with Crippen LogP contribution in [0.3, 0.4) is 0 Å². The van der Waals surface area contributed by atoms with E-state index < -0.39 is 0 Å². The highest BCUT2D eigenvalue weighted by atomic mass is 16.5. The van der Waals surface area contributed by atoms with Gasteiger partial charge in [0.25, 0.3) is 5.91 Å². The quantitative estimate of drug-likeness (QED) is 0.688. The van der Waals surface area contributed by atoms with E-state index >= 15 is 0 Å². The first-order valence-electron chi connectivity index (χ1n) is 6.45. The number of aromatic nitrogens is 5. The van der Waals surface area contributed by atoms with Gasteiger partial charge in [-0.2, -0.15) is 4.52 Å². The number of amides is 1. The number of carbonyl (C=O) groups is 1. The second-order valence-corrected chi connectivity index (χ2v) is 4.31. The second kappa shape index (κ2) is 6.14. The maximum atomic E-state index is 12.2. The number of rotatable bonds is 5. The zero-order chi connectivity index (χ0) is 15.4. The van der Waals surface area contributed by atoms with Crippen molar-refractivity contribution in [2.24, 2.45) is 0 Å². The van der Waals surface area contributed by atoms with Crippen molar-refractivity contribution in [3.05, 3.63) is 42.2 Å². The van der Waals surface area contributed by atoms with Gasteiger partial charge < -0.3 is 15.2 Å². The van der Waals surface area contributed by atoms with E-state index in [1.807, 2.05) is 0 Å². The number of tetrazole rings is 1. The third kappa shape index (κ3) is 2.99. The summed E-state index contributed by atoms with van der Waals surface area (Å²) in [6, 6.07) is 6.55. The third-order valence-corrected chi connectivity index (χ3v) is 2.79. The van der Waals surface area contributed by atoms with Gasteiger partial charge in [0.15, 0.2) is 5.65 Å². The van der Waals surface area contributed by atoms with Crippen molar-refractivity contribution in [2.75, 3.05) is 18.5 Å². The second-order valence-electron chi connectivity index (χ2n) is 4.31. The standard InChI is InChI=1S/C13H12N6O3/c20-5-6-22-12-4-2-10(7-14-12)15-13(21)9-1-3-11-16-17-18-19(11)8-9/h1-4,7-8,20H,5-6H2,(H,15,21). The molecule has 0 aliphatic carbocycles. The van der Waals surface area contributed by atoms with Crippen LogP contribution in [0.2, 0.25) is 0 Å². The van der Waals surface area contributed by atoms with Crippen LogP contribution in [0.5, 0.6) is 5.88 Å². The molecule has 0 fully saturated rings. The molecule has 0 bridgehead atoms. The normalized spacial score (nSPS) is 10.6. The molecule has 3 heterocycles. The Morgan fingerprint density at radius 3 is 3.00 bits per heavy atom. The molecule has 0 aliphatic rings. The average Bonchev–Trinajstić information content (AvgIpc) is 3.01. The molecule has 3 aromatic rings. The molecule has 0 aliphatic heterocycles. The first kappa shape index (κ1) is 13.9. The highest BCUT2D eigenvalue weighted by molar-refractivity contribution is 6.04. The van der Waals surface area contributed by atoms with Crippen LogP contribution in [0.15, 0.2) is 36.7 Å². The molecule has 0 saturated carbocycles. The molecule has 0 radical (unpaired) electrons. The largest absolute Gasteiger partial charge is 0.475 e. The number of aliphatic hydroxyl groups excluding tert-OH is 1. The number of pyridine rings is 2. The van der Waals surface area contributed by atoms with Crippen LogP contribution >= 0.6 is 0 Å². The summed E-state index contributed by atoms with van der Waals surface area (Å²) in [5, 5.41) is 22.4. The van der Waals surface area contributed by atoms with Crippen LogP contribution in [-0.2, 0) is 0 Å². The highest BCUT2D eigenvalue weighted by Gasteiger charge is 2.08. The summed E-state index contributed by atoms with van der Waals surface area (Å²) in [6.07, 6.45) is 3.01. The van der Waals surface area contributed by atoms with Crippen LogP contribution in [0.25, 0.3) is 5.65 Å². The van der Waals surface area contributed by atoms with Crippen LogP contribution in [0, 0.1) is 0 Å². The Hall–Kier alpha value is -3.07. The average molecular weight is 300 g/mol. The van der Waals surface area contributed by atoms with E-state index in [2.05, 4.69) is 25.8 Å². The Morgan fingerprint density at radius 2 is 2.23 bits per heavy atom. The van der Waals surface area contributed by atoms with Gasteiger partial charge in [0.2, 0.25) is 5.88 Å². The van der Waals surface area contributed by atoms with Crippen molar-refractivity contribution in [3.8, 4) is 5.88 Å². The molecule has 0 saturated heterocycles. The Morgan fingerprint density at radius 1 is 1.32 bits per heavy atom. The Labute approximate surface area is 124 Å². The number of carbonyl (C=O) groups excluding carboxylic acids is 1. The predicted molar refractivity (Wildman–Crippen MR) is 75.6 cm³/mol. The van der Waals surface area contributed by atoms with E-state index in [0.29, 0.717) is 22.8 Å². The summed E-state index contributed by atoms with van der Waals surface area (Å²) in [4.78, 5) is 16.2. The summed E-state index contributed by atoms with van der Waals surface area (Å²) >= 11 is 0. The lowest BCUT2D eigenvalue weighted by atomic mass is 10.2. The predicted octanol–water partition coefficient (Wildman–Crippen LogP) is 0.143. The molecule has 0 atom stereocenters. The zero-order valence-electron chi connectivity index (χ0n) is 11.4. The molecule has 0 unspecified atom stereocenters. The summed E-state index contributed by atoms with van der Waals surface area (Å²) in [5.41, 5.74) is 1.50. The fourth-order valence-corrected chi connectivity index (χ4v) is 1.77. The summed E-state index contributed by atoms with van der Waals surface area (Å²) < 4.78 is 6.56. The minimum atomic E-state index is -0.303. The van der Waals surface area contributed by atoms with Gasteiger partial charge in [-0.15, -0.1) is 5.10 Å². The number of hydrogen-bond donors (Lipinski definition) is 2. The Balaban J connectivity index is 1.70. The maximum Gasteiger partial charge on any atom is 0.257 e. The van der Waals surface area contributed by atoms with Crippen molar-refractivity contribution >= 4 is 17.2 Å². The summed E-state index contributed by atoms with van der Waals surface area (Å²) in [7, 11) is 0. The van der Waals surface area contributed by atoms with Crippen molar-refractivity contribution in [1.82, 2.24) is 25.0 Å². The Bertz CT molecular complexity index is 786. The van der Waals surface area contributed by atoms with Crippen molar-refractivity contribution in [1.29, 1.82) is 0 Å². The number of aliphatic hydroxyl groups is 1. The number of nitrogens with one attached hydrogen (secondary N) is 1. The molecule has 9 nitrogen and oxygen atoms in total. The molecule has 2 N–H and O–H groups in total. The van der Waals surface area contributed by atoms with E-state index in [4.69, 9.17) is 9.84 Å². The van der Waals surface area contributed by atoms with Gasteiger partial charge >= 0.3 is 0 Å². The third-order valence-electron chi connectivity index (χ3n) is 2.79. The van der Waals surface area contributed by atoms with E-state index in [-0.39, 0.29) is 19.1 Å². The number of nitrogens with zero attached hydrogens (tertiary/aromatic N) is 5. The van der Waals surface area contributed by atoms with Crippen molar-refractivity contribution in [3.63, 3.8) is 0 Å². The van der Waals surface area contributed by atoms with Gasteiger partial charge in [-0.05, 0) is 28.6 Å². The first-order chi connectivity index (χ1) is 10.8. The minimum absolute atomic E-state index is 0.0835. The minimum Gasteiger partial charge on any atom is -0.475 e. The molecule has 112 valence electrons. The molecule has 0 spiro atoms. The van der Waals surface area contributed by atoms with E-state index in [0.717, 1.165) is 0 Å². The van der Waals surface area contributed by atoms with E-state index in [1.165, 1.54) is 16.9 Å². The fraction of sp³-hybridized carbons (Fsp3) is 0.154. The van der Waals surface area contributed by atoms with Gasteiger partial charge in [0.1, 0.15) is 6.61 Å². The van der Waals surface area contributed by atoms with E-state index in [1.54, 1.807) is 24.3 Å². The molecular weight excluding hydrogens is 288 g/mol. The molecule has 3 aromatic heterocycles. The SMILES string of the molecule is O=C(Nc1ccc(OCCO)nc1)c1ccc2nnnn2c1. The molecule has 0 aromatic carbocycles. The summed E-state index contributed by atoms with van der Waals surface area (Å²) in [5.74, 6) is 0.0744. The first-order valence-corrected chi connectivity index (χ1v) is 6.45. The molecule has 1 amide bonds. The molecular formula is C13H12N6O3. The topological polar surface area (TPSA) is 115 Å². The molecule has 9 heteroatoms. The smallest absolute Gasteiger partial charge is 0.257 e. The van der Waals surface area contributed by atoms with Gasteiger partial charge in [0, 0.05) is 12.3 Å². The van der Waals surface area contributed by atoms with Gasteiger partial charge in [0.05, 0.1) is 24.1 Å². The maximum absolute atomic E-state index is 12.2. The Kier molecular flexibility index (Phi) is 3.88. The monoisotopic (exact) mass is 300 g/mol. The van der Waals surface area contributed by atoms with Crippen LogP contribution in [0.1, 0.15) is 10.4 Å². The number of fused-ring (bicyclic) bond motifs is 1. The van der Waals surface area contributed by atoms with Crippen LogP contribution in [0.4, 0.5) is 5.69 Å². The lowest BCUT2D eigenvalue weighted by molar-refractivity contribution is 0.102. The lowest BCUT2D eigenvalue weighted by Crippen LogP contribution is -2.13. The fourth-order valence-electron chi connectivity index (χ4n) is 1.77. The van der Waals surface area contributed by atoms with Gasteiger partial charge in [-0.3, -0.25) is 4.79 Å².